The Morgan fingerprint density at radius 2 is 1.94 bits per heavy atom. The molecule has 0 aliphatic heterocycles. The SMILES string of the molecule is CCCNC(CCc1c(C)nn(C)c1C)C(C)C. The number of hydrogen-bond donors (Lipinski definition) is 1. The van der Waals surface area contributed by atoms with Crippen molar-refractivity contribution >= 4 is 0 Å². The van der Waals surface area contributed by atoms with Crippen LogP contribution in [0, 0.1) is 19.8 Å². The molecule has 0 spiro atoms. The quantitative estimate of drug-likeness (QED) is 0.807. The average Bonchev–Trinajstić information content (AvgIpc) is 2.54. The van der Waals surface area contributed by atoms with E-state index >= 15 is 0 Å². The fourth-order valence-corrected chi connectivity index (χ4v) is 2.48. The number of nitrogens with one attached hydrogen (secondary N) is 1. The van der Waals surface area contributed by atoms with Gasteiger partial charge in [-0.25, -0.2) is 0 Å². The van der Waals surface area contributed by atoms with Gasteiger partial charge in [-0.1, -0.05) is 20.8 Å². The molecule has 104 valence electrons. The van der Waals surface area contributed by atoms with Gasteiger partial charge in [-0.3, -0.25) is 4.68 Å². The third-order valence-electron chi connectivity index (χ3n) is 3.83. The fourth-order valence-electron chi connectivity index (χ4n) is 2.48. The maximum absolute atomic E-state index is 4.49. The van der Waals surface area contributed by atoms with Crippen molar-refractivity contribution in [2.75, 3.05) is 6.54 Å². The largest absolute Gasteiger partial charge is 0.314 e. The molecular weight excluding hydrogens is 222 g/mol. The van der Waals surface area contributed by atoms with Gasteiger partial charge in [-0.15, -0.1) is 0 Å². The Bertz CT molecular complexity index is 366. The average molecular weight is 251 g/mol. The molecule has 0 radical (unpaired) electrons. The van der Waals surface area contributed by atoms with Gasteiger partial charge in [0.05, 0.1) is 5.69 Å². The van der Waals surface area contributed by atoms with E-state index in [-0.39, 0.29) is 0 Å². The van der Waals surface area contributed by atoms with Crippen molar-refractivity contribution in [1.82, 2.24) is 15.1 Å². The molecule has 3 nitrogen and oxygen atoms in total. The van der Waals surface area contributed by atoms with Crippen LogP contribution >= 0.6 is 0 Å². The topological polar surface area (TPSA) is 29.9 Å². The predicted molar refractivity (Wildman–Crippen MR) is 77.9 cm³/mol. The molecule has 1 N–H and O–H groups in total. The van der Waals surface area contributed by atoms with Crippen molar-refractivity contribution in [1.29, 1.82) is 0 Å². The van der Waals surface area contributed by atoms with Gasteiger partial charge in [-0.2, -0.15) is 5.10 Å². The molecule has 1 aromatic rings. The fraction of sp³-hybridized carbons (Fsp3) is 0.800. The highest BCUT2D eigenvalue weighted by Gasteiger charge is 2.15. The first-order valence-corrected chi connectivity index (χ1v) is 7.19. The van der Waals surface area contributed by atoms with Crippen LogP contribution in [0.2, 0.25) is 0 Å². The van der Waals surface area contributed by atoms with Crippen molar-refractivity contribution < 1.29 is 0 Å². The van der Waals surface area contributed by atoms with Crippen LogP contribution in [-0.4, -0.2) is 22.4 Å². The molecule has 18 heavy (non-hydrogen) atoms. The van der Waals surface area contributed by atoms with Crippen molar-refractivity contribution in [3.05, 3.63) is 17.0 Å². The van der Waals surface area contributed by atoms with Crippen LogP contribution in [0.5, 0.6) is 0 Å². The Kier molecular flexibility index (Phi) is 5.86. The van der Waals surface area contributed by atoms with E-state index in [1.165, 1.54) is 29.8 Å². The summed E-state index contributed by atoms with van der Waals surface area (Å²) in [6, 6.07) is 0.615. The number of aromatic nitrogens is 2. The van der Waals surface area contributed by atoms with E-state index in [1.807, 2.05) is 11.7 Å². The molecule has 3 heteroatoms. The Morgan fingerprint density at radius 1 is 1.28 bits per heavy atom. The molecule has 1 heterocycles. The highest BCUT2D eigenvalue weighted by atomic mass is 15.3. The minimum absolute atomic E-state index is 0.615. The number of hydrogen-bond acceptors (Lipinski definition) is 2. The van der Waals surface area contributed by atoms with Crippen LogP contribution in [0.4, 0.5) is 0 Å². The van der Waals surface area contributed by atoms with E-state index in [2.05, 4.69) is 45.0 Å². The molecule has 0 saturated carbocycles. The van der Waals surface area contributed by atoms with E-state index in [0.717, 1.165) is 13.0 Å². The van der Waals surface area contributed by atoms with E-state index in [4.69, 9.17) is 0 Å². The second kappa shape index (κ2) is 6.93. The van der Waals surface area contributed by atoms with E-state index in [9.17, 15) is 0 Å². The summed E-state index contributed by atoms with van der Waals surface area (Å²) in [5, 5.41) is 8.15. The van der Waals surface area contributed by atoms with Gasteiger partial charge in [0.2, 0.25) is 0 Å². The van der Waals surface area contributed by atoms with Crippen LogP contribution in [0.1, 0.15) is 50.6 Å². The van der Waals surface area contributed by atoms with Crippen molar-refractivity contribution in [2.24, 2.45) is 13.0 Å². The maximum atomic E-state index is 4.49. The Hall–Kier alpha value is -0.830. The molecule has 0 aliphatic rings. The highest BCUT2D eigenvalue weighted by Crippen LogP contribution is 2.17. The van der Waals surface area contributed by atoms with Gasteiger partial charge in [0.1, 0.15) is 0 Å². The first-order valence-electron chi connectivity index (χ1n) is 7.19. The molecule has 1 rings (SSSR count). The highest BCUT2D eigenvalue weighted by molar-refractivity contribution is 5.24. The standard InChI is InChI=1S/C15H29N3/c1-7-10-16-15(11(2)3)9-8-14-12(4)17-18(6)13(14)5/h11,15-16H,7-10H2,1-6H3. The lowest BCUT2D eigenvalue weighted by Crippen LogP contribution is -2.34. The second-order valence-electron chi connectivity index (χ2n) is 5.62. The monoisotopic (exact) mass is 251 g/mol. The summed E-state index contributed by atoms with van der Waals surface area (Å²) < 4.78 is 1.99. The summed E-state index contributed by atoms with van der Waals surface area (Å²) in [5.74, 6) is 0.689. The van der Waals surface area contributed by atoms with Crippen LogP contribution in [0.15, 0.2) is 0 Å². The molecule has 0 saturated heterocycles. The minimum atomic E-state index is 0.615. The van der Waals surface area contributed by atoms with Crippen molar-refractivity contribution in [3.63, 3.8) is 0 Å². The summed E-state index contributed by atoms with van der Waals surface area (Å²) in [4.78, 5) is 0. The van der Waals surface area contributed by atoms with Crippen molar-refractivity contribution in [3.8, 4) is 0 Å². The van der Waals surface area contributed by atoms with Crippen LogP contribution in [0.25, 0.3) is 0 Å². The van der Waals surface area contributed by atoms with Gasteiger partial charge in [0, 0.05) is 18.8 Å². The van der Waals surface area contributed by atoms with Gasteiger partial charge in [-0.05, 0) is 51.1 Å². The molecule has 1 atom stereocenters. The molecule has 0 fully saturated rings. The predicted octanol–water partition coefficient (Wildman–Crippen LogP) is 2.99. The van der Waals surface area contributed by atoms with Gasteiger partial charge >= 0.3 is 0 Å². The molecule has 1 unspecified atom stereocenters. The Labute approximate surface area is 112 Å². The number of nitrogens with zero attached hydrogens (tertiary/aromatic N) is 2. The first-order chi connectivity index (χ1) is 8.47. The third kappa shape index (κ3) is 3.84. The van der Waals surface area contributed by atoms with E-state index in [1.54, 1.807) is 0 Å². The lowest BCUT2D eigenvalue weighted by molar-refractivity contribution is 0.378. The smallest absolute Gasteiger partial charge is 0.0628 e. The Morgan fingerprint density at radius 3 is 2.39 bits per heavy atom. The third-order valence-corrected chi connectivity index (χ3v) is 3.83. The number of aryl methyl sites for hydroxylation is 2. The zero-order valence-corrected chi connectivity index (χ0v) is 12.9. The summed E-state index contributed by atoms with van der Waals surface area (Å²) >= 11 is 0. The molecule has 1 aromatic heterocycles. The molecular formula is C15H29N3. The second-order valence-corrected chi connectivity index (χ2v) is 5.62. The van der Waals surface area contributed by atoms with Crippen LogP contribution < -0.4 is 5.32 Å². The summed E-state index contributed by atoms with van der Waals surface area (Å²) in [6.07, 6.45) is 3.53. The number of rotatable bonds is 7. The lowest BCUT2D eigenvalue weighted by Gasteiger charge is -2.22. The molecule has 0 amide bonds. The summed E-state index contributed by atoms with van der Waals surface area (Å²) in [5.41, 5.74) is 3.93. The minimum Gasteiger partial charge on any atom is -0.314 e. The van der Waals surface area contributed by atoms with Gasteiger partial charge in [0.25, 0.3) is 0 Å². The normalized spacial score (nSPS) is 13.3. The summed E-state index contributed by atoms with van der Waals surface area (Å²) in [6.45, 7) is 12.2. The van der Waals surface area contributed by atoms with Gasteiger partial charge in [0.15, 0.2) is 0 Å². The molecule has 0 aromatic carbocycles. The maximum Gasteiger partial charge on any atom is 0.0628 e. The lowest BCUT2D eigenvalue weighted by atomic mass is 9.96. The van der Waals surface area contributed by atoms with Crippen molar-refractivity contribution in [2.45, 2.75) is 59.9 Å². The van der Waals surface area contributed by atoms with Crippen LogP contribution in [0.3, 0.4) is 0 Å². The van der Waals surface area contributed by atoms with E-state index < -0.39 is 0 Å². The molecule has 0 aliphatic carbocycles. The first kappa shape index (κ1) is 15.2. The Balaban J connectivity index is 2.61. The summed E-state index contributed by atoms with van der Waals surface area (Å²) in [7, 11) is 2.03. The molecule has 0 bridgehead atoms. The zero-order chi connectivity index (χ0) is 13.7. The van der Waals surface area contributed by atoms with Gasteiger partial charge < -0.3 is 5.32 Å². The zero-order valence-electron chi connectivity index (χ0n) is 12.9. The van der Waals surface area contributed by atoms with Crippen LogP contribution in [-0.2, 0) is 13.5 Å². The van der Waals surface area contributed by atoms with E-state index in [0.29, 0.717) is 12.0 Å².